The first kappa shape index (κ1) is 13.0. The number of nitrogen functional groups attached to an aromatic ring is 1. The van der Waals surface area contributed by atoms with E-state index in [9.17, 15) is 13.6 Å². The van der Waals surface area contributed by atoms with Crippen molar-refractivity contribution in [2.24, 2.45) is 0 Å². The van der Waals surface area contributed by atoms with Crippen LogP contribution in [0.25, 0.3) is 0 Å². The molecule has 0 aliphatic rings. The molecule has 7 heteroatoms. The molecule has 0 aliphatic heterocycles. The van der Waals surface area contributed by atoms with Gasteiger partial charge in [-0.15, -0.1) is 0 Å². The Kier molecular flexibility index (Phi) is 4.08. The van der Waals surface area contributed by atoms with Gasteiger partial charge >= 0.3 is 12.6 Å². The summed E-state index contributed by atoms with van der Waals surface area (Å²) in [7, 11) is 2.43. The molecule has 0 saturated heterocycles. The summed E-state index contributed by atoms with van der Waals surface area (Å²) in [6.45, 7) is -3.01. The maximum atomic E-state index is 12.1. The molecule has 2 N–H and O–H groups in total. The van der Waals surface area contributed by atoms with Crippen molar-refractivity contribution in [3.8, 4) is 11.5 Å². The molecule has 0 fully saturated rings. The largest absolute Gasteiger partial charge is 0.493 e. The van der Waals surface area contributed by atoms with Crippen molar-refractivity contribution >= 4 is 11.7 Å². The molecule has 1 aromatic rings. The molecule has 0 aliphatic carbocycles. The highest BCUT2D eigenvalue weighted by atomic mass is 19.3. The fourth-order valence-electron chi connectivity index (χ4n) is 1.21. The second kappa shape index (κ2) is 5.33. The predicted molar refractivity (Wildman–Crippen MR) is 55.4 cm³/mol. The average molecular weight is 247 g/mol. The number of rotatable bonds is 4. The number of carbonyl (C=O) groups excluding carboxylic acids is 1. The van der Waals surface area contributed by atoms with Crippen molar-refractivity contribution in [2.75, 3.05) is 20.0 Å². The number of benzene rings is 1. The molecule has 94 valence electrons. The van der Waals surface area contributed by atoms with Gasteiger partial charge < -0.3 is 19.9 Å². The fraction of sp³-hybridized carbons (Fsp3) is 0.300. The lowest BCUT2D eigenvalue weighted by Crippen LogP contribution is -2.09. The molecular formula is C10H11F2NO4. The first-order valence-corrected chi connectivity index (χ1v) is 4.50. The summed E-state index contributed by atoms with van der Waals surface area (Å²) in [4.78, 5) is 11.3. The van der Waals surface area contributed by atoms with Crippen molar-refractivity contribution in [3.05, 3.63) is 17.7 Å². The van der Waals surface area contributed by atoms with Gasteiger partial charge in [-0.2, -0.15) is 8.78 Å². The Morgan fingerprint density at radius 2 is 1.94 bits per heavy atom. The number of esters is 1. The summed E-state index contributed by atoms with van der Waals surface area (Å²) < 4.78 is 37.7. The van der Waals surface area contributed by atoms with Crippen LogP contribution in [-0.2, 0) is 4.74 Å². The van der Waals surface area contributed by atoms with Crippen molar-refractivity contribution in [1.29, 1.82) is 0 Å². The first-order valence-electron chi connectivity index (χ1n) is 4.50. The molecule has 1 rings (SSSR count). The minimum atomic E-state index is -3.01. The number of anilines is 1. The van der Waals surface area contributed by atoms with Crippen LogP contribution in [0.4, 0.5) is 14.5 Å². The minimum absolute atomic E-state index is 0.0194. The number of alkyl halides is 2. The topological polar surface area (TPSA) is 70.8 Å². The highest BCUT2D eigenvalue weighted by Crippen LogP contribution is 2.33. The molecule has 17 heavy (non-hydrogen) atoms. The van der Waals surface area contributed by atoms with E-state index in [0.29, 0.717) is 0 Å². The number of halogens is 2. The Morgan fingerprint density at radius 3 is 2.41 bits per heavy atom. The van der Waals surface area contributed by atoms with Crippen LogP contribution in [0.3, 0.4) is 0 Å². The number of nitrogens with two attached hydrogens (primary N) is 1. The summed E-state index contributed by atoms with van der Waals surface area (Å²) in [5.74, 6) is -0.961. The van der Waals surface area contributed by atoms with Crippen LogP contribution < -0.4 is 15.2 Å². The van der Waals surface area contributed by atoms with Crippen LogP contribution in [0.1, 0.15) is 10.4 Å². The standard InChI is InChI=1S/C10H11F2NO4/c1-15-7-3-5(9(14)16-2)6(13)4-8(7)17-10(11)12/h3-4,10H,13H2,1-2H3. The van der Waals surface area contributed by atoms with Gasteiger partial charge in [0.1, 0.15) is 0 Å². The van der Waals surface area contributed by atoms with Crippen LogP contribution in [0.2, 0.25) is 0 Å². The van der Waals surface area contributed by atoms with Gasteiger partial charge in [0, 0.05) is 12.1 Å². The summed E-state index contributed by atoms with van der Waals surface area (Å²) in [6.07, 6.45) is 0. The second-order valence-corrected chi connectivity index (χ2v) is 2.96. The van der Waals surface area contributed by atoms with Gasteiger partial charge in [-0.25, -0.2) is 4.79 Å². The average Bonchev–Trinajstić information content (AvgIpc) is 2.27. The minimum Gasteiger partial charge on any atom is -0.493 e. The van der Waals surface area contributed by atoms with Gasteiger partial charge in [-0.05, 0) is 0 Å². The zero-order chi connectivity index (χ0) is 13.0. The molecule has 5 nitrogen and oxygen atoms in total. The van der Waals surface area contributed by atoms with Crippen molar-refractivity contribution in [3.63, 3.8) is 0 Å². The number of carbonyl (C=O) groups is 1. The van der Waals surface area contributed by atoms with Crippen LogP contribution in [0.5, 0.6) is 11.5 Å². The van der Waals surface area contributed by atoms with E-state index in [2.05, 4.69) is 9.47 Å². The van der Waals surface area contributed by atoms with Gasteiger partial charge in [-0.3, -0.25) is 0 Å². The maximum Gasteiger partial charge on any atom is 0.387 e. The quantitative estimate of drug-likeness (QED) is 0.647. The zero-order valence-electron chi connectivity index (χ0n) is 9.20. The highest BCUT2D eigenvalue weighted by Gasteiger charge is 2.17. The Hall–Kier alpha value is -2.05. The Labute approximate surface area is 96.1 Å². The van der Waals surface area contributed by atoms with Crippen molar-refractivity contribution in [2.45, 2.75) is 6.61 Å². The number of methoxy groups -OCH3 is 2. The van der Waals surface area contributed by atoms with Crippen LogP contribution in [0, 0.1) is 0 Å². The van der Waals surface area contributed by atoms with E-state index in [0.717, 1.165) is 6.07 Å². The zero-order valence-corrected chi connectivity index (χ0v) is 9.20. The van der Waals surface area contributed by atoms with Crippen LogP contribution in [-0.4, -0.2) is 26.8 Å². The molecule has 0 saturated carbocycles. The molecule has 1 aromatic carbocycles. The Bertz CT molecular complexity index is 423. The molecule has 0 spiro atoms. The van der Waals surface area contributed by atoms with Gasteiger partial charge in [0.15, 0.2) is 11.5 Å². The molecule has 0 atom stereocenters. The fourth-order valence-corrected chi connectivity index (χ4v) is 1.21. The molecule has 0 unspecified atom stereocenters. The maximum absolute atomic E-state index is 12.1. The normalized spacial score (nSPS) is 10.2. The predicted octanol–water partition coefficient (Wildman–Crippen LogP) is 1.67. The van der Waals surface area contributed by atoms with Crippen LogP contribution >= 0.6 is 0 Å². The van der Waals surface area contributed by atoms with Gasteiger partial charge in [0.2, 0.25) is 0 Å². The molecule has 0 heterocycles. The summed E-state index contributed by atoms with van der Waals surface area (Å²) in [5.41, 5.74) is 5.50. The van der Waals surface area contributed by atoms with E-state index in [1.54, 1.807) is 0 Å². The molecule has 0 bridgehead atoms. The molecular weight excluding hydrogens is 236 g/mol. The second-order valence-electron chi connectivity index (χ2n) is 2.96. The molecule has 0 radical (unpaired) electrons. The highest BCUT2D eigenvalue weighted by molar-refractivity contribution is 5.96. The van der Waals surface area contributed by atoms with E-state index < -0.39 is 12.6 Å². The lowest BCUT2D eigenvalue weighted by molar-refractivity contribution is -0.0511. The SMILES string of the molecule is COC(=O)c1cc(OC)c(OC(F)F)cc1N. The number of hydrogen-bond acceptors (Lipinski definition) is 5. The lowest BCUT2D eigenvalue weighted by atomic mass is 10.1. The van der Waals surface area contributed by atoms with Crippen LogP contribution in [0.15, 0.2) is 12.1 Å². The van der Waals surface area contributed by atoms with E-state index in [1.165, 1.54) is 20.3 Å². The molecule has 0 aromatic heterocycles. The van der Waals surface area contributed by atoms with E-state index in [-0.39, 0.29) is 22.7 Å². The van der Waals surface area contributed by atoms with Gasteiger partial charge in [0.25, 0.3) is 0 Å². The van der Waals surface area contributed by atoms with Gasteiger partial charge in [0.05, 0.1) is 25.5 Å². The monoisotopic (exact) mass is 247 g/mol. The molecule has 0 amide bonds. The van der Waals surface area contributed by atoms with Crippen molar-refractivity contribution in [1.82, 2.24) is 0 Å². The first-order chi connectivity index (χ1) is 7.99. The smallest absolute Gasteiger partial charge is 0.387 e. The number of hydrogen-bond donors (Lipinski definition) is 1. The third-order valence-corrected chi connectivity index (χ3v) is 1.96. The van der Waals surface area contributed by atoms with E-state index in [4.69, 9.17) is 10.5 Å². The van der Waals surface area contributed by atoms with E-state index in [1.807, 2.05) is 0 Å². The summed E-state index contributed by atoms with van der Waals surface area (Å²) >= 11 is 0. The summed E-state index contributed by atoms with van der Waals surface area (Å²) in [5, 5.41) is 0. The van der Waals surface area contributed by atoms with Gasteiger partial charge in [-0.1, -0.05) is 0 Å². The van der Waals surface area contributed by atoms with Crippen molar-refractivity contribution < 1.29 is 27.8 Å². The lowest BCUT2D eigenvalue weighted by Gasteiger charge is -2.12. The summed E-state index contributed by atoms with van der Waals surface area (Å²) in [6, 6.07) is 2.26. The third kappa shape index (κ3) is 2.96. The Balaban J connectivity index is 3.19. The van der Waals surface area contributed by atoms with E-state index >= 15 is 0 Å². The Morgan fingerprint density at radius 1 is 1.29 bits per heavy atom. The number of ether oxygens (including phenoxy) is 3. The third-order valence-electron chi connectivity index (χ3n) is 1.96.